The molecule has 0 radical (unpaired) electrons. The Morgan fingerprint density at radius 1 is 0.932 bits per heavy atom. The number of aryl methyl sites for hydroxylation is 1. The molecule has 1 aromatic heterocycles. The van der Waals surface area contributed by atoms with Gasteiger partial charge < -0.3 is 14.6 Å². The maximum atomic E-state index is 13.2. The van der Waals surface area contributed by atoms with Gasteiger partial charge in [-0.15, -0.1) is 0 Å². The van der Waals surface area contributed by atoms with Crippen LogP contribution in [0.2, 0.25) is 0 Å². The SMILES string of the molecule is COC(=O)c1cccc(-c2ccc(CNC(=O)[C@H]3C[C@@H]3c3ccccc3)c3c2CCN(Cc2cc(C)n(C4CC4)c2C)C3)c1. The molecule has 2 aliphatic carbocycles. The van der Waals surface area contributed by atoms with Crippen LogP contribution in [0, 0.1) is 19.8 Å². The van der Waals surface area contributed by atoms with Gasteiger partial charge in [-0.25, -0.2) is 4.79 Å². The lowest BCUT2D eigenvalue weighted by Crippen LogP contribution is -2.33. The second-order valence-electron chi connectivity index (χ2n) is 12.8. The second kappa shape index (κ2) is 11.7. The van der Waals surface area contributed by atoms with E-state index in [1.54, 1.807) is 6.07 Å². The molecule has 2 saturated carbocycles. The topological polar surface area (TPSA) is 63.6 Å². The molecule has 226 valence electrons. The number of esters is 1. The fraction of sp³-hybridized carbons (Fsp3) is 0.368. The van der Waals surface area contributed by atoms with E-state index in [4.69, 9.17) is 4.74 Å². The minimum absolute atomic E-state index is 0.0479. The number of hydrogen-bond acceptors (Lipinski definition) is 4. The highest BCUT2D eigenvalue weighted by Crippen LogP contribution is 2.47. The lowest BCUT2D eigenvalue weighted by molar-refractivity contribution is -0.122. The van der Waals surface area contributed by atoms with Crippen molar-refractivity contribution < 1.29 is 14.3 Å². The number of hydrogen-bond donors (Lipinski definition) is 1. The van der Waals surface area contributed by atoms with Gasteiger partial charge in [0, 0.05) is 49.5 Å². The summed E-state index contributed by atoms with van der Waals surface area (Å²) in [4.78, 5) is 28.1. The van der Waals surface area contributed by atoms with E-state index in [0.717, 1.165) is 43.6 Å². The van der Waals surface area contributed by atoms with E-state index in [9.17, 15) is 9.59 Å². The molecule has 0 unspecified atom stereocenters. The molecule has 3 aliphatic rings. The van der Waals surface area contributed by atoms with Gasteiger partial charge in [-0.1, -0.05) is 54.6 Å². The molecule has 1 N–H and O–H groups in total. The summed E-state index contributed by atoms with van der Waals surface area (Å²) in [6.45, 7) is 7.73. The molecule has 2 atom stereocenters. The molecule has 4 aromatic rings. The van der Waals surface area contributed by atoms with Gasteiger partial charge in [-0.3, -0.25) is 9.69 Å². The van der Waals surface area contributed by atoms with Crippen LogP contribution in [0.3, 0.4) is 0 Å². The molecular formula is C38H41N3O3. The van der Waals surface area contributed by atoms with Gasteiger partial charge in [0.05, 0.1) is 12.7 Å². The summed E-state index contributed by atoms with van der Waals surface area (Å²) in [5, 5.41) is 3.28. The number of ether oxygens (including phenoxy) is 1. The van der Waals surface area contributed by atoms with Crippen molar-refractivity contribution >= 4 is 11.9 Å². The number of amides is 1. The number of aromatic nitrogens is 1. The summed E-state index contributed by atoms with van der Waals surface area (Å²) in [5.74, 6) is 0.179. The molecule has 1 amide bonds. The summed E-state index contributed by atoms with van der Waals surface area (Å²) >= 11 is 0. The van der Waals surface area contributed by atoms with Gasteiger partial charge in [0.15, 0.2) is 0 Å². The van der Waals surface area contributed by atoms with Crippen LogP contribution in [0.1, 0.15) is 80.8 Å². The van der Waals surface area contributed by atoms with E-state index in [1.165, 1.54) is 59.2 Å². The number of benzene rings is 3. The van der Waals surface area contributed by atoms with E-state index in [-0.39, 0.29) is 17.8 Å². The Hall–Kier alpha value is -4.16. The highest BCUT2D eigenvalue weighted by molar-refractivity contribution is 5.91. The fourth-order valence-electron chi connectivity index (χ4n) is 7.31. The first kappa shape index (κ1) is 28.6. The molecule has 0 saturated heterocycles. The quantitative estimate of drug-likeness (QED) is 0.217. The Kier molecular flexibility index (Phi) is 7.63. The van der Waals surface area contributed by atoms with Gasteiger partial charge in [-0.05, 0) is 103 Å². The number of carbonyl (C=O) groups is 2. The lowest BCUT2D eigenvalue weighted by atomic mass is 9.87. The molecule has 2 heterocycles. The third kappa shape index (κ3) is 5.59. The van der Waals surface area contributed by atoms with Crippen LogP contribution in [0.5, 0.6) is 0 Å². The van der Waals surface area contributed by atoms with Crippen LogP contribution in [0.25, 0.3) is 11.1 Å². The standard InChI is InChI=1S/C38H41N3O3/c1-24-18-30(25(2)41(24)31-13-14-31)22-40-17-16-33-32(27-10-7-11-28(19-27)38(43)44-3)15-12-29(36(33)23-40)21-39-37(42)35-20-34(35)26-8-5-4-6-9-26/h4-12,15,18-19,31,34-35H,13-14,16-17,20-23H2,1-3H3,(H,39,42)/t34-,35+/m1/s1. The highest BCUT2D eigenvalue weighted by Gasteiger charge is 2.43. The molecule has 6 heteroatoms. The predicted molar refractivity (Wildman–Crippen MR) is 172 cm³/mol. The predicted octanol–water partition coefficient (Wildman–Crippen LogP) is 6.87. The van der Waals surface area contributed by atoms with Crippen molar-refractivity contribution in [3.63, 3.8) is 0 Å². The average Bonchev–Trinajstić information content (AvgIpc) is 3.99. The number of nitrogens with one attached hydrogen (secondary N) is 1. The van der Waals surface area contributed by atoms with Crippen molar-refractivity contribution in [2.24, 2.45) is 5.92 Å². The molecule has 2 fully saturated rings. The summed E-state index contributed by atoms with van der Waals surface area (Å²) in [6, 6.07) is 25.5. The van der Waals surface area contributed by atoms with Gasteiger partial charge in [0.2, 0.25) is 5.91 Å². The summed E-state index contributed by atoms with van der Waals surface area (Å²) in [7, 11) is 1.42. The van der Waals surface area contributed by atoms with Gasteiger partial charge in [0.1, 0.15) is 0 Å². The summed E-state index contributed by atoms with van der Waals surface area (Å²) in [5.41, 5.74) is 11.9. The molecule has 6 nitrogen and oxygen atoms in total. The van der Waals surface area contributed by atoms with Crippen molar-refractivity contribution in [2.75, 3.05) is 13.7 Å². The Balaban J connectivity index is 1.15. The molecule has 3 aromatic carbocycles. The van der Waals surface area contributed by atoms with E-state index in [2.05, 4.69) is 65.0 Å². The maximum absolute atomic E-state index is 13.2. The minimum atomic E-state index is -0.330. The number of rotatable bonds is 9. The van der Waals surface area contributed by atoms with Crippen LogP contribution in [-0.4, -0.2) is 35.0 Å². The largest absolute Gasteiger partial charge is 0.465 e. The van der Waals surface area contributed by atoms with Gasteiger partial charge in [-0.2, -0.15) is 0 Å². The molecule has 0 spiro atoms. The van der Waals surface area contributed by atoms with E-state index in [1.807, 2.05) is 30.3 Å². The maximum Gasteiger partial charge on any atom is 0.337 e. The monoisotopic (exact) mass is 587 g/mol. The Bertz CT molecular complexity index is 1720. The van der Waals surface area contributed by atoms with Crippen molar-refractivity contribution in [2.45, 2.75) is 71.1 Å². The molecule has 1 aliphatic heterocycles. The van der Waals surface area contributed by atoms with Gasteiger partial charge in [0.25, 0.3) is 0 Å². The smallest absolute Gasteiger partial charge is 0.337 e. The number of fused-ring (bicyclic) bond motifs is 1. The number of carbonyl (C=O) groups excluding carboxylic acids is 2. The summed E-state index contributed by atoms with van der Waals surface area (Å²) in [6.07, 6.45) is 4.40. The fourth-order valence-corrected chi connectivity index (χ4v) is 7.31. The third-order valence-electron chi connectivity index (χ3n) is 9.89. The first-order chi connectivity index (χ1) is 21.4. The normalized spacial score (nSPS) is 19.3. The van der Waals surface area contributed by atoms with E-state index in [0.29, 0.717) is 24.1 Å². The number of nitrogens with zero attached hydrogens (tertiary/aromatic N) is 2. The highest BCUT2D eigenvalue weighted by atomic mass is 16.5. The zero-order valence-corrected chi connectivity index (χ0v) is 25.9. The Morgan fingerprint density at radius 3 is 2.52 bits per heavy atom. The number of methoxy groups -OCH3 is 1. The average molecular weight is 588 g/mol. The molecule has 0 bridgehead atoms. The Morgan fingerprint density at radius 2 is 1.75 bits per heavy atom. The minimum Gasteiger partial charge on any atom is -0.465 e. The first-order valence-corrected chi connectivity index (χ1v) is 16.0. The van der Waals surface area contributed by atoms with Crippen LogP contribution in [0.15, 0.2) is 72.8 Å². The lowest BCUT2D eigenvalue weighted by Gasteiger charge is -2.32. The third-order valence-corrected chi connectivity index (χ3v) is 9.89. The second-order valence-corrected chi connectivity index (χ2v) is 12.8. The van der Waals surface area contributed by atoms with Crippen molar-refractivity contribution in [1.82, 2.24) is 14.8 Å². The van der Waals surface area contributed by atoms with Crippen LogP contribution in [-0.2, 0) is 35.6 Å². The Labute approximate surface area is 260 Å². The van der Waals surface area contributed by atoms with Crippen LogP contribution in [0.4, 0.5) is 0 Å². The van der Waals surface area contributed by atoms with Crippen LogP contribution >= 0.6 is 0 Å². The summed E-state index contributed by atoms with van der Waals surface area (Å²) < 4.78 is 7.52. The van der Waals surface area contributed by atoms with Crippen LogP contribution < -0.4 is 5.32 Å². The van der Waals surface area contributed by atoms with E-state index < -0.39 is 0 Å². The van der Waals surface area contributed by atoms with Gasteiger partial charge >= 0.3 is 5.97 Å². The van der Waals surface area contributed by atoms with E-state index >= 15 is 0 Å². The molecular weight excluding hydrogens is 546 g/mol. The zero-order valence-electron chi connectivity index (χ0n) is 25.9. The molecule has 7 rings (SSSR count). The molecule has 44 heavy (non-hydrogen) atoms. The first-order valence-electron chi connectivity index (χ1n) is 16.0. The van der Waals surface area contributed by atoms with Crippen molar-refractivity contribution in [3.8, 4) is 11.1 Å². The zero-order chi connectivity index (χ0) is 30.4. The van der Waals surface area contributed by atoms with Crippen molar-refractivity contribution in [1.29, 1.82) is 0 Å². The van der Waals surface area contributed by atoms with Crippen molar-refractivity contribution in [3.05, 3.63) is 118 Å².